The highest BCUT2D eigenvalue weighted by Crippen LogP contribution is 2.40. The molecule has 0 saturated carbocycles. The predicted molar refractivity (Wildman–Crippen MR) is 119 cm³/mol. The van der Waals surface area contributed by atoms with Crippen molar-refractivity contribution in [3.8, 4) is 11.5 Å². The van der Waals surface area contributed by atoms with Gasteiger partial charge in [0.2, 0.25) is 0 Å². The Hall–Kier alpha value is -4.53. The molecule has 180 valence electrons. The average Bonchev–Trinajstić information content (AvgIpc) is 2.85. The van der Waals surface area contributed by atoms with Gasteiger partial charge in [0, 0.05) is 5.92 Å². The molecule has 0 N–H and O–H groups in total. The zero-order valence-electron chi connectivity index (χ0n) is 18.2. The van der Waals surface area contributed by atoms with Gasteiger partial charge in [-0.15, -0.1) is 0 Å². The molecule has 0 aliphatic carbocycles. The Labute approximate surface area is 201 Å². The molecule has 3 aromatic rings. The number of fused-ring (bicyclic) bond motifs is 2. The Balaban J connectivity index is 1.62. The molecular weight excluding hydrogens is 477 g/mol. The van der Waals surface area contributed by atoms with Crippen molar-refractivity contribution in [2.24, 2.45) is 17.8 Å². The molecule has 2 atom stereocenters. The van der Waals surface area contributed by atoms with E-state index in [2.05, 4.69) is 0 Å². The van der Waals surface area contributed by atoms with Gasteiger partial charge in [0.05, 0.1) is 11.1 Å². The molecule has 2 aliphatic heterocycles. The number of ketones is 2. The number of carbonyl (C=O) groups is 4. The first-order valence-electron chi connectivity index (χ1n) is 10.8. The zero-order valence-corrected chi connectivity index (χ0v) is 18.2. The monoisotopic (exact) mass is 492 g/mol. The molecule has 0 saturated heterocycles. The standard InChI is InChI=1S/C27H15F3O6/c28-17-11-13(12-18(29)23(17)30)9-10-16(21-24(31)14-5-1-3-7-19(14)35-26(21)33)22-25(32)15-6-2-4-8-20(15)36-27(22)34/h1-12,16,21-22H/b10-9+. The summed E-state index contributed by atoms with van der Waals surface area (Å²) < 4.78 is 51.5. The Morgan fingerprint density at radius 1 is 0.694 bits per heavy atom. The zero-order chi connectivity index (χ0) is 25.6. The van der Waals surface area contributed by atoms with Crippen molar-refractivity contribution < 1.29 is 41.8 Å². The highest BCUT2D eigenvalue weighted by atomic mass is 19.2. The Morgan fingerprint density at radius 3 is 1.61 bits per heavy atom. The fourth-order valence-corrected chi connectivity index (χ4v) is 4.38. The number of hydrogen-bond acceptors (Lipinski definition) is 6. The van der Waals surface area contributed by atoms with Crippen LogP contribution in [0.3, 0.4) is 0 Å². The van der Waals surface area contributed by atoms with Crippen molar-refractivity contribution in [1.29, 1.82) is 0 Å². The van der Waals surface area contributed by atoms with Crippen LogP contribution in [-0.4, -0.2) is 23.5 Å². The van der Waals surface area contributed by atoms with Crippen LogP contribution in [-0.2, 0) is 9.59 Å². The molecule has 6 nitrogen and oxygen atoms in total. The topological polar surface area (TPSA) is 86.7 Å². The molecule has 36 heavy (non-hydrogen) atoms. The third kappa shape index (κ3) is 3.88. The van der Waals surface area contributed by atoms with Crippen LogP contribution in [0.1, 0.15) is 26.3 Å². The summed E-state index contributed by atoms with van der Waals surface area (Å²) in [5, 5.41) is 0. The number of hydrogen-bond donors (Lipinski definition) is 0. The van der Waals surface area contributed by atoms with Crippen molar-refractivity contribution in [2.45, 2.75) is 0 Å². The molecular formula is C27H15F3O6. The lowest BCUT2D eigenvalue weighted by Crippen LogP contribution is -2.47. The van der Waals surface area contributed by atoms with Gasteiger partial charge in [0.15, 0.2) is 29.0 Å². The van der Waals surface area contributed by atoms with E-state index < -0.39 is 58.7 Å². The van der Waals surface area contributed by atoms with Crippen molar-refractivity contribution in [2.75, 3.05) is 0 Å². The Kier molecular flexibility index (Phi) is 5.75. The van der Waals surface area contributed by atoms with Gasteiger partial charge in [0.25, 0.3) is 0 Å². The lowest BCUT2D eigenvalue weighted by atomic mass is 9.73. The summed E-state index contributed by atoms with van der Waals surface area (Å²) in [5.74, 6) is -12.7. The molecule has 2 heterocycles. The molecule has 0 fully saturated rings. The quantitative estimate of drug-likeness (QED) is 0.230. The van der Waals surface area contributed by atoms with E-state index in [4.69, 9.17) is 9.47 Å². The fraction of sp³-hybridized carbons (Fsp3) is 0.111. The van der Waals surface area contributed by atoms with E-state index in [1.807, 2.05) is 0 Å². The van der Waals surface area contributed by atoms with Crippen LogP contribution in [0.25, 0.3) is 6.08 Å². The highest BCUT2D eigenvalue weighted by Gasteiger charge is 2.50. The second kappa shape index (κ2) is 8.92. The maximum atomic E-state index is 13.7. The smallest absolute Gasteiger partial charge is 0.322 e. The first kappa shape index (κ1) is 23.2. The third-order valence-corrected chi connectivity index (χ3v) is 6.09. The molecule has 2 aliphatic rings. The van der Waals surface area contributed by atoms with Crippen molar-refractivity contribution in [1.82, 2.24) is 0 Å². The van der Waals surface area contributed by atoms with Crippen LogP contribution in [0.4, 0.5) is 13.2 Å². The SMILES string of the molecule is O=C1Oc2ccccc2C(=O)C1C(/C=C/c1cc(F)c(F)c(F)c1)C1C(=O)Oc2ccccc2C1=O. The molecule has 3 aromatic carbocycles. The third-order valence-electron chi connectivity index (χ3n) is 6.09. The molecule has 0 bridgehead atoms. The number of esters is 2. The number of ether oxygens (including phenoxy) is 2. The van der Waals surface area contributed by atoms with Crippen LogP contribution in [0, 0.1) is 35.2 Å². The van der Waals surface area contributed by atoms with E-state index >= 15 is 0 Å². The van der Waals surface area contributed by atoms with Crippen LogP contribution < -0.4 is 9.47 Å². The first-order valence-corrected chi connectivity index (χ1v) is 10.8. The van der Waals surface area contributed by atoms with Crippen molar-refractivity contribution >= 4 is 29.6 Å². The van der Waals surface area contributed by atoms with Crippen LogP contribution in [0.15, 0.2) is 66.7 Å². The van der Waals surface area contributed by atoms with Gasteiger partial charge in [-0.3, -0.25) is 19.2 Å². The van der Waals surface area contributed by atoms with E-state index in [9.17, 15) is 32.3 Å². The normalized spacial score (nSPS) is 20.0. The van der Waals surface area contributed by atoms with E-state index in [0.29, 0.717) is 12.1 Å². The molecule has 0 radical (unpaired) electrons. The maximum Gasteiger partial charge on any atom is 0.322 e. The summed E-state index contributed by atoms with van der Waals surface area (Å²) in [6.45, 7) is 0. The molecule has 2 unspecified atom stereocenters. The van der Waals surface area contributed by atoms with Gasteiger partial charge in [-0.05, 0) is 42.0 Å². The van der Waals surface area contributed by atoms with E-state index in [-0.39, 0.29) is 28.2 Å². The molecule has 0 amide bonds. The number of benzene rings is 3. The number of halogens is 3. The summed E-state index contributed by atoms with van der Waals surface area (Å²) in [7, 11) is 0. The highest BCUT2D eigenvalue weighted by molar-refractivity contribution is 6.17. The lowest BCUT2D eigenvalue weighted by molar-refractivity contribution is -0.143. The fourth-order valence-electron chi connectivity index (χ4n) is 4.38. The summed E-state index contributed by atoms with van der Waals surface area (Å²) in [4.78, 5) is 52.7. The van der Waals surface area contributed by atoms with Crippen LogP contribution >= 0.6 is 0 Å². The Morgan fingerprint density at radius 2 is 1.14 bits per heavy atom. The predicted octanol–water partition coefficient (Wildman–Crippen LogP) is 4.57. The van der Waals surface area contributed by atoms with E-state index in [0.717, 1.165) is 12.2 Å². The molecule has 5 rings (SSSR count). The largest absolute Gasteiger partial charge is 0.425 e. The average molecular weight is 492 g/mol. The minimum absolute atomic E-state index is 0.0250. The Bertz CT molecular complexity index is 1380. The van der Waals surface area contributed by atoms with Crippen molar-refractivity contribution in [3.63, 3.8) is 0 Å². The van der Waals surface area contributed by atoms with Crippen LogP contribution in [0.5, 0.6) is 11.5 Å². The number of para-hydroxylation sites is 2. The van der Waals surface area contributed by atoms with E-state index in [1.165, 1.54) is 24.3 Å². The van der Waals surface area contributed by atoms with Crippen molar-refractivity contribution in [3.05, 3.63) is 101 Å². The summed E-state index contributed by atoms with van der Waals surface area (Å²) in [6.07, 6.45) is 2.24. The summed E-state index contributed by atoms with van der Waals surface area (Å²) >= 11 is 0. The van der Waals surface area contributed by atoms with Gasteiger partial charge < -0.3 is 9.47 Å². The number of Topliss-reactive ketones (excluding diaryl/α,β-unsaturated/α-hetero) is 2. The second-order valence-electron chi connectivity index (χ2n) is 8.25. The van der Waals surface area contributed by atoms with Gasteiger partial charge >= 0.3 is 11.9 Å². The number of carbonyl (C=O) groups excluding carboxylic acids is 4. The maximum absolute atomic E-state index is 13.7. The molecule has 0 aromatic heterocycles. The number of allylic oxidation sites excluding steroid dienone is 1. The molecule has 0 spiro atoms. The summed E-state index contributed by atoms with van der Waals surface area (Å²) in [6, 6.07) is 13.3. The minimum atomic E-state index is -1.67. The lowest BCUT2D eigenvalue weighted by Gasteiger charge is -2.32. The second-order valence-corrected chi connectivity index (χ2v) is 8.25. The summed E-state index contributed by atoms with van der Waals surface area (Å²) in [5.41, 5.74) is -0.0294. The van der Waals surface area contributed by atoms with E-state index in [1.54, 1.807) is 24.3 Å². The minimum Gasteiger partial charge on any atom is -0.425 e. The molecule has 9 heteroatoms. The van der Waals surface area contributed by atoms with Gasteiger partial charge in [-0.25, -0.2) is 13.2 Å². The van der Waals surface area contributed by atoms with Crippen LogP contribution in [0.2, 0.25) is 0 Å². The number of rotatable bonds is 4. The first-order chi connectivity index (χ1) is 17.3. The van der Waals surface area contributed by atoms with Gasteiger partial charge in [0.1, 0.15) is 23.3 Å². The van der Waals surface area contributed by atoms with Gasteiger partial charge in [-0.2, -0.15) is 0 Å². The van der Waals surface area contributed by atoms with Gasteiger partial charge in [-0.1, -0.05) is 36.4 Å².